The maximum atomic E-state index is 12.3. The fraction of sp³-hybridized carbons (Fsp3) is 0.357. The Bertz CT molecular complexity index is 541. The number of hydrogen-bond donors (Lipinski definition) is 2. The molecule has 5 nitrogen and oxygen atoms in total. The molecule has 2 bridgehead atoms. The van der Waals surface area contributed by atoms with Crippen LogP contribution in [0.4, 0.5) is 5.69 Å². The standard InChI is InChI=1S/C14H14N2O3/c17-13(16-10-2-1-5-15-7-10)11-8-3-4-9(6-8)12(11)14(18)19/h1-5,7-9,11-12H,6H2,(H,16,17)(H,18,19)/t8-,9+,11+,12+/m1/s1. The Morgan fingerprint density at radius 2 is 2.00 bits per heavy atom. The molecule has 2 aliphatic rings. The summed E-state index contributed by atoms with van der Waals surface area (Å²) in [4.78, 5) is 27.5. The summed E-state index contributed by atoms with van der Waals surface area (Å²) in [6, 6.07) is 3.47. The van der Waals surface area contributed by atoms with E-state index in [0.717, 1.165) is 6.42 Å². The van der Waals surface area contributed by atoms with E-state index in [4.69, 9.17) is 0 Å². The molecule has 1 fully saturated rings. The highest BCUT2D eigenvalue weighted by Crippen LogP contribution is 2.48. The fourth-order valence-electron chi connectivity index (χ4n) is 3.18. The first-order chi connectivity index (χ1) is 9.16. The van der Waals surface area contributed by atoms with Crippen LogP contribution in [0, 0.1) is 23.7 Å². The van der Waals surface area contributed by atoms with Crippen molar-refractivity contribution in [3.63, 3.8) is 0 Å². The summed E-state index contributed by atoms with van der Waals surface area (Å²) in [7, 11) is 0. The summed E-state index contributed by atoms with van der Waals surface area (Å²) in [5.74, 6) is -2.16. The van der Waals surface area contributed by atoms with Gasteiger partial charge in [0, 0.05) is 6.20 Å². The second-order valence-corrected chi connectivity index (χ2v) is 5.07. The van der Waals surface area contributed by atoms with Gasteiger partial charge in [-0.25, -0.2) is 0 Å². The van der Waals surface area contributed by atoms with Crippen LogP contribution in [-0.4, -0.2) is 22.0 Å². The number of carbonyl (C=O) groups excluding carboxylic acids is 1. The van der Waals surface area contributed by atoms with Gasteiger partial charge in [-0.05, 0) is 30.4 Å². The maximum absolute atomic E-state index is 12.3. The highest BCUT2D eigenvalue weighted by molar-refractivity contribution is 5.96. The van der Waals surface area contributed by atoms with Gasteiger partial charge in [-0.1, -0.05) is 12.2 Å². The van der Waals surface area contributed by atoms with Gasteiger partial charge in [0.05, 0.1) is 23.7 Å². The minimum atomic E-state index is -0.886. The van der Waals surface area contributed by atoms with Crippen LogP contribution in [0.1, 0.15) is 6.42 Å². The van der Waals surface area contributed by atoms with Gasteiger partial charge in [0.15, 0.2) is 0 Å². The monoisotopic (exact) mass is 258 g/mol. The lowest BCUT2D eigenvalue weighted by molar-refractivity contribution is -0.146. The van der Waals surface area contributed by atoms with E-state index >= 15 is 0 Å². The topological polar surface area (TPSA) is 79.3 Å². The number of aliphatic carboxylic acids is 1. The van der Waals surface area contributed by atoms with Crippen LogP contribution in [-0.2, 0) is 9.59 Å². The molecule has 4 atom stereocenters. The van der Waals surface area contributed by atoms with Crippen LogP contribution in [0.5, 0.6) is 0 Å². The Morgan fingerprint density at radius 3 is 2.63 bits per heavy atom. The molecule has 3 rings (SSSR count). The SMILES string of the molecule is O=C(Nc1cccnc1)[C@@H]1[C@@H](C(=O)O)[C@H]2C=C[C@@H]1C2. The van der Waals surface area contributed by atoms with E-state index in [9.17, 15) is 14.7 Å². The van der Waals surface area contributed by atoms with Crippen LogP contribution >= 0.6 is 0 Å². The van der Waals surface area contributed by atoms with Crippen molar-refractivity contribution >= 4 is 17.6 Å². The molecule has 19 heavy (non-hydrogen) atoms. The van der Waals surface area contributed by atoms with Gasteiger partial charge in [-0.2, -0.15) is 0 Å². The normalized spacial score (nSPS) is 31.4. The van der Waals surface area contributed by atoms with Gasteiger partial charge in [-0.15, -0.1) is 0 Å². The molecule has 1 amide bonds. The number of fused-ring (bicyclic) bond motifs is 2. The first-order valence-electron chi connectivity index (χ1n) is 6.29. The predicted molar refractivity (Wildman–Crippen MR) is 68.2 cm³/mol. The number of pyridine rings is 1. The molecule has 2 aliphatic carbocycles. The number of allylic oxidation sites excluding steroid dienone is 2. The molecule has 5 heteroatoms. The molecular formula is C14H14N2O3. The minimum absolute atomic E-state index is 0.00727. The van der Waals surface area contributed by atoms with Crippen LogP contribution in [0.2, 0.25) is 0 Å². The maximum Gasteiger partial charge on any atom is 0.307 e. The first kappa shape index (κ1) is 11.9. The molecule has 0 radical (unpaired) electrons. The Balaban J connectivity index is 1.79. The zero-order chi connectivity index (χ0) is 13.4. The van der Waals surface area contributed by atoms with Gasteiger partial charge in [0.1, 0.15) is 0 Å². The minimum Gasteiger partial charge on any atom is -0.481 e. The number of anilines is 1. The number of carbonyl (C=O) groups is 2. The van der Waals surface area contributed by atoms with Crippen LogP contribution in [0.15, 0.2) is 36.7 Å². The average Bonchev–Trinajstić information content (AvgIpc) is 2.99. The fourth-order valence-corrected chi connectivity index (χ4v) is 3.18. The van der Waals surface area contributed by atoms with E-state index in [1.54, 1.807) is 24.5 Å². The quantitative estimate of drug-likeness (QED) is 0.806. The zero-order valence-electron chi connectivity index (χ0n) is 10.2. The zero-order valence-corrected chi connectivity index (χ0v) is 10.2. The van der Waals surface area contributed by atoms with E-state index in [0.29, 0.717) is 5.69 Å². The summed E-state index contributed by atoms with van der Waals surface area (Å²) < 4.78 is 0. The van der Waals surface area contributed by atoms with Crippen LogP contribution in [0.3, 0.4) is 0 Å². The van der Waals surface area contributed by atoms with Crippen LogP contribution in [0.25, 0.3) is 0 Å². The van der Waals surface area contributed by atoms with Crippen molar-refractivity contribution in [3.05, 3.63) is 36.7 Å². The van der Waals surface area contributed by atoms with Gasteiger partial charge >= 0.3 is 5.97 Å². The summed E-state index contributed by atoms with van der Waals surface area (Å²) in [6.45, 7) is 0. The smallest absolute Gasteiger partial charge is 0.307 e. The number of nitrogens with zero attached hydrogens (tertiary/aromatic N) is 1. The largest absolute Gasteiger partial charge is 0.481 e. The second kappa shape index (κ2) is 4.50. The van der Waals surface area contributed by atoms with Crippen molar-refractivity contribution in [1.29, 1.82) is 0 Å². The van der Waals surface area contributed by atoms with Crippen molar-refractivity contribution in [3.8, 4) is 0 Å². The molecule has 1 saturated carbocycles. The summed E-state index contributed by atoms with van der Waals surface area (Å²) in [5.41, 5.74) is 0.600. The number of carboxylic acids is 1. The Kier molecular flexibility index (Phi) is 2.81. The molecule has 1 aromatic heterocycles. The molecule has 0 saturated heterocycles. The van der Waals surface area contributed by atoms with Crippen molar-refractivity contribution in [2.75, 3.05) is 5.32 Å². The lowest BCUT2D eigenvalue weighted by atomic mass is 9.82. The highest BCUT2D eigenvalue weighted by Gasteiger charge is 2.51. The number of nitrogens with one attached hydrogen (secondary N) is 1. The van der Waals surface area contributed by atoms with Gasteiger partial charge in [0.2, 0.25) is 5.91 Å². The van der Waals surface area contributed by atoms with Crippen molar-refractivity contribution < 1.29 is 14.7 Å². The molecule has 1 aromatic rings. The Morgan fingerprint density at radius 1 is 1.26 bits per heavy atom. The highest BCUT2D eigenvalue weighted by atomic mass is 16.4. The lowest BCUT2D eigenvalue weighted by Gasteiger charge is -2.23. The first-order valence-corrected chi connectivity index (χ1v) is 6.29. The molecule has 0 aliphatic heterocycles. The lowest BCUT2D eigenvalue weighted by Crippen LogP contribution is -2.36. The number of aromatic nitrogens is 1. The van der Waals surface area contributed by atoms with Crippen molar-refractivity contribution in [1.82, 2.24) is 4.98 Å². The summed E-state index contributed by atoms with van der Waals surface area (Å²) >= 11 is 0. The molecule has 0 aromatic carbocycles. The van der Waals surface area contributed by atoms with Gasteiger partial charge in [-0.3, -0.25) is 14.6 Å². The van der Waals surface area contributed by atoms with Crippen molar-refractivity contribution in [2.45, 2.75) is 6.42 Å². The Labute approximate surface area is 110 Å². The molecular weight excluding hydrogens is 244 g/mol. The van der Waals surface area contributed by atoms with Crippen molar-refractivity contribution in [2.24, 2.45) is 23.7 Å². The predicted octanol–water partition coefficient (Wildman–Crippen LogP) is 1.54. The molecule has 0 spiro atoms. The van der Waals surface area contributed by atoms with E-state index in [1.165, 1.54) is 0 Å². The van der Waals surface area contributed by atoms with Gasteiger partial charge in [0.25, 0.3) is 0 Å². The summed E-state index contributed by atoms with van der Waals surface area (Å²) in [6.07, 6.45) is 7.84. The second-order valence-electron chi connectivity index (χ2n) is 5.07. The third kappa shape index (κ3) is 2.01. The van der Waals surface area contributed by atoms with E-state index in [2.05, 4.69) is 10.3 Å². The number of hydrogen-bond acceptors (Lipinski definition) is 3. The third-order valence-electron chi connectivity index (χ3n) is 3.98. The third-order valence-corrected chi connectivity index (χ3v) is 3.98. The molecule has 98 valence electrons. The molecule has 2 N–H and O–H groups in total. The average molecular weight is 258 g/mol. The van der Waals surface area contributed by atoms with E-state index < -0.39 is 17.8 Å². The number of rotatable bonds is 3. The molecule has 0 unspecified atom stereocenters. The Hall–Kier alpha value is -2.17. The van der Waals surface area contributed by atoms with E-state index in [-0.39, 0.29) is 17.7 Å². The summed E-state index contributed by atoms with van der Waals surface area (Å²) in [5, 5.41) is 12.0. The van der Waals surface area contributed by atoms with Gasteiger partial charge < -0.3 is 10.4 Å². The molecule has 1 heterocycles. The van der Waals surface area contributed by atoms with Crippen LogP contribution < -0.4 is 5.32 Å². The number of amides is 1. The van der Waals surface area contributed by atoms with E-state index in [1.807, 2.05) is 12.2 Å². The number of carboxylic acid groups (broad SMARTS) is 1.